The highest BCUT2D eigenvalue weighted by Crippen LogP contribution is 2.55. The van der Waals surface area contributed by atoms with Crippen molar-refractivity contribution in [2.75, 3.05) is 5.09 Å². The Morgan fingerprint density at radius 2 is 1.30 bits per heavy atom. The minimum absolute atomic E-state index is 0.364. The molecule has 0 atom stereocenters. The van der Waals surface area contributed by atoms with Crippen LogP contribution in [0.25, 0.3) is 5.09 Å². The van der Waals surface area contributed by atoms with Crippen LogP contribution in [0.1, 0.15) is 61.2 Å². The van der Waals surface area contributed by atoms with Gasteiger partial charge in [0, 0.05) is 5.95 Å². The molecular weight excluding hydrogens is 324 g/mol. The lowest BCUT2D eigenvalue weighted by Crippen LogP contribution is -2.13. The first-order valence-electron chi connectivity index (χ1n) is 8.39. The fraction of sp³-hybridized carbons (Fsp3) is 0.812. The number of anilines is 1. The van der Waals surface area contributed by atoms with Crippen molar-refractivity contribution in [2.45, 2.75) is 84.9 Å². The van der Waals surface area contributed by atoms with Crippen molar-refractivity contribution in [3.05, 3.63) is 10.9 Å². The van der Waals surface area contributed by atoms with Gasteiger partial charge in [0.15, 0.2) is 5.95 Å². The lowest BCUT2D eigenvalue weighted by molar-refractivity contribution is 0.979. The molecule has 0 saturated heterocycles. The molecule has 1 aromatic heterocycles. The minimum Gasteiger partial charge on any atom is -0.365 e. The summed E-state index contributed by atoms with van der Waals surface area (Å²) in [6.45, 7) is 19.8. The molecule has 1 N–H and O–H groups in total. The molecule has 1 aromatic rings. The van der Waals surface area contributed by atoms with E-state index < -0.39 is 8.07 Å². The number of aryl methyl sites for hydroxylation is 1. The third-order valence-electron chi connectivity index (χ3n) is 3.34. The first-order valence-corrected chi connectivity index (χ1v) is 11.3. The van der Waals surface area contributed by atoms with E-state index in [4.69, 9.17) is 5.09 Å². The lowest BCUT2D eigenvalue weighted by Gasteiger charge is -2.32. The van der Waals surface area contributed by atoms with Crippen LogP contribution in [-0.4, -0.2) is 37.6 Å². The lowest BCUT2D eigenvalue weighted by atomic mass is 10.5. The van der Waals surface area contributed by atoms with Gasteiger partial charge in [-0.05, 0) is 37.6 Å². The van der Waals surface area contributed by atoms with Gasteiger partial charge in [-0.15, -0.1) is 0 Å². The van der Waals surface area contributed by atoms with Crippen molar-refractivity contribution >= 4 is 28.0 Å². The van der Waals surface area contributed by atoms with Gasteiger partial charge in [-0.2, -0.15) is 0 Å². The molecule has 0 amide bonds. The highest BCUT2D eigenvalue weighted by Gasteiger charge is 2.18. The normalized spacial score (nSPS) is 12.3. The monoisotopic (exact) mass is 356 g/mol. The molecule has 0 radical (unpaired) electrons. The molecule has 5 nitrogen and oxygen atoms in total. The van der Waals surface area contributed by atoms with E-state index in [1.807, 2.05) is 6.92 Å². The molecule has 23 heavy (non-hydrogen) atoms. The summed E-state index contributed by atoms with van der Waals surface area (Å²) in [4.78, 5) is 13.5. The van der Waals surface area contributed by atoms with Gasteiger partial charge in [0.25, 0.3) is 0 Å². The zero-order chi connectivity index (χ0) is 17.7. The SMILES string of the molecule is Cc1nc([N-]P(C(C)C)C(C)C)nc(NP(C(C)C)C(C)C)n1. The highest BCUT2D eigenvalue weighted by molar-refractivity contribution is 7.62. The summed E-state index contributed by atoms with van der Waals surface area (Å²) < 4.78 is 0. The van der Waals surface area contributed by atoms with Crippen molar-refractivity contribution in [3.63, 3.8) is 0 Å². The number of hydrogen-bond donors (Lipinski definition) is 1. The molecule has 0 aromatic carbocycles. The van der Waals surface area contributed by atoms with Gasteiger partial charge in [0.2, 0.25) is 0 Å². The zero-order valence-electron chi connectivity index (χ0n) is 16.0. The van der Waals surface area contributed by atoms with Gasteiger partial charge in [0.1, 0.15) is 0 Å². The summed E-state index contributed by atoms with van der Waals surface area (Å²) >= 11 is 0. The fourth-order valence-corrected chi connectivity index (χ4v) is 6.45. The Morgan fingerprint density at radius 3 is 1.74 bits per heavy atom. The Labute approximate surface area is 144 Å². The Kier molecular flexibility index (Phi) is 8.10. The molecular formula is C16H32N5P2-. The first-order chi connectivity index (χ1) is 10.6. The third-order valence-corrected chi connectivity index (χ3v) is 8.55. The molecule has 0 bridgehead atoms. The quantitative estimate of drug-likeness (QED) is 0.578. The molecule has 0 aliphatic rings. The molecule has 1 rings (SSSR count). The van der Waals surface area contributed by atoms with Crippen LogP contribution in [0.3, 0.4) is 0 Å². The van der Waals surface area contributed by atoms with Crippen LogP contribution in [0.4, 0.5) is 11.9 Å². The van der Waals surface area contributed by atoms with Crippen LogP contribution in [0.2, 0.25) is 0 Å². The van der Waals surface area contributed by atoms with Crippen LogP contribution in [0.5, 0.6) is 0 Å². The predicted molar refractivity (Wildman–Crippen MR) is 106 cm³/mol. The van der Waals surface area contributed by atoms with Crippen molar-refractivity contribution in [1.29, 1.82) is 0 Å². The second-order valence-electron chi connectivity index (χ2n) is 6.88. The van der Waals surface area contributed by atoms with Gasteiger partial charge >= 0.3 is 0 Å². The van der Waals surface area contributed by atoms with Crippen molar-refractivity contribution in [2.24, 2.45) is 0 Å². The zero-order valence-corrected chi connectivity index (χ0v) is 17.8. The molecule has 0 aliphatic carbocycles. The van der Waals surface area contributed by atoms with E-state index in [-0.39, 0.29) is 8.07 Å². The number of rotatable bonds is 8. The second kappa shape index (κ2) is 9.08. The van der Waals surface area contributed by atoms with Crippen molar-refractivity contribution in [3.8, 4) is 0 Å². The fourth-order valence-electron chi connectivity index (χ4n) is 2.46. The largest absolute Gasteiger partial charge is 0.365 e. The van der Waals surface area contributed by atoms with Crippen molar-refractivity contribution < 1.29 is 0 Å². The van der Waals surface area contributed by atoms with E-state index in [1.54, 1.807) is 0 Å². The summed E-state index contributed by atoms with van der Waals surface area (Å²) in [7, 11) is -0.839. The van der Waals surface area contributed by atoms with E-state index in [0.29, 0.717) is 34.5 Å². The van der Waals surface area contributed by atoms with E-state index in [0.717, 1.165) is 5.82 Å². The highest BCUT2D eigenvalue weighted by atomic mass is 31.1. The molecule has 7 heteroatoms. The molecule has 0 fully saturated rings. The number of nitrogens with zero attached hydrogens (tertiary/aromatic N) is 4. The number of aromatic nitrogens is 3. The predicted octanol–water partition coefficient (Wildman–Crippen LogP) is 6.02. The average molecular weight is 356 g/mol. The molecule has 0 spiro atoms. The smallest absolute Gasteiger partial charge is 0.154 e. The van der Waals surface area contributed by atoms with Gasteiger partial charge in [-0.25, -0.2) is 4.98 Å². The Balaban J connectivity index is 2.99. The Morgan fingerprint density at radius 1 is 0.783 bits per heavy atom. The summed E-state index contributed by atoms with van der Waals surface area (Å²) in [5, 5.41) is 8.39. The van der Waals surface area contributed by atoms with Crippen molar-refractivity contribution in [1.82, 2.24) is 15.0 Å². The molecule has 1 heterocycles. The van der Waals surface area contributed by atoms with Crippen LogP contribution < -0.4 is 5.09 Å². The maximum Gasteiger partial charge on any atom is 0.154 e. The van der Waals surface area contributed by atoms with Gasteiger partial charge in [-0.1, -0.05) is 63.5 Å². The summed E-state index contributed by atoms with van der Waals surface area (Å²) in [6, 6.07) is 0. The van der Waals surface area contributed by atoms with E-state index in [9.17, 15) is 0 Å². The maximum atomic E-state index is 4.85. The van der Waals surface area contributed by atoms with Crippen LogP contribution in [0, 0.1) is 6.92 Å². The maximum absolute atomic E-state index is 4.85. The van der Waals surface area contributed by atoms with E-state index in [2.05, 4.69) is 75.4 Å². The minimum atomic E-state index is -0.475. The molecule has 0 saturated carbocycles. The standard InChI is InChI=1S/C16H32N5P2/c1-10(2)22(11(3)4)20-15-17-14(9)18-16(19-15)21-23(12(5)6)13(7)8/h10-13H,1-9H3,(H-,17,18,19,20,21)/q-1. The number of nitrogens with one attached hydrogen (secondary N) is 1. The van der Waals surface area contributed by atoms with Crippen LogP contribution in [-0.2, 0) is 0 Å². The van der Waals surface area contributed by atoms with Crippen LogP contribution >= 0.6 is 16.1 Å². The summed E-state index contributed by atoms with van der Waals surface area (Å²) in [5.74, 6) is 1.98. The Bertz CT molecular complexity index is 435. The molecule has 0 aliphatic heterocycles. The number of hydrogen-bond acceptors (Lipinski definition) is 4. The topological polar surface area (TPSA) is 64.8 Å². The van der Waals surface area contributed by atoms with E-state index >= 15 is 0 Å². The van der Waals surface area contributed by atoms with Gasteiger partial charge < -0.3 is 20.1 Å². The van der Waals surface area contributed by atoms with Gasteiger partial charge in [0.05, 0.1) is 5.82 Å². The first kappa shape index (κ1) is 20.5. The second-order valence-corrected chi connectivity index (χ2v) is 13.0. The third kappa shape index (κ3) is 6.47. The molecule has 0 unspecified atom stereocenters. The van der Waals surface area contributed by atoms with Gasteiger partial charge in [-0.3, -0.25) is 0 Å². The van der Waals surface area contributed by atoms with E-state index in [1.165, 1.54) is 0 Å². The summed E-state index contributed by atoms with van der Waals surface area (Å²) in [6.07, 6.45) is 0. The Hall–Kier alpha value is -0.530. The molecule has 132 valence electrons. The average Bonchev–Trinajstić information content (AvgIpc) is 2.40. The van der Waals surface area contributed by atoms with Crippen LogP contribution in [0.15, 0.2) is 0 Å². The summed E-state index contributed by atoms with van der Waals surface area (Å²) in [5.41, 5.74) is 2.21.